The molecular weight excluding hydrogens is 586 g/mol. The van der Waals surface area contributed by atoms with Gasteiger partial charge in [-0.05, 0) is 64.2 Å². The average Bonchev–Trinajstić information content (AvgIpc) is 3.65. The van der Waals surface area contributed by atoms with Crippen LogP contribution in [0.15, 0.2) is 16.9 Å². The molecule has 1 amide bonds. The minimum Gasteiger partial charge on any atom is -0.490 e. The highest BCUT2D eigenvalue weighted by Crippen LogP contribution is 2.33. The monoisotopic (exact) mass is 639 g/mol. The van der Waals surface area contributed by atoms with Gasteiger partial charge in [-0.15, -0.1) is 0 Å². The molecular formula is C34H53N7O5. The topological polar surface area (TPSA) is 127 Å². The number of carbonyl (C=O) groups excluding carboxylic acids is 2. The Morgan fingerprint density at radius 3 is 2.39 bits per heavy atom. The summed E-state index contributed by atoms with van der Waals surface area (Å²) >= 11 is 0. The predicted molar refractivity (Wildman–Crippen MR) is 175 cm³/mol. The van der Waals surface area contributed by atoms with Crippen molar-refractivity contribution in [2.75, 3.05) is 49.1 Å². The van der Waals surface area contributed by atoms with Crippen LogP contribution in [0.1, 0.15) is 98.7 Å². The number of aromatic nitrogens is 4. The second-order valence-corrected chi connectivity index (χ2v) is 15.0. The summed E-state index contributed by atoms with van der Waals surface area (Å²) in [5.41, 5.74) is -0.552. The summed E-state index contributed by atoms with van der Waals surface area (Å²) in [4.78, 5) is 45.9. The van der Waals surface area contributed by atoms with Gasteiger partial charge in [0.15, 0.2) is 11.6 Å². The molecule has 0 saturated carbocycles. The van der Waals surface area contributed by atoms with Gasteiger partial charge < -0.3 is 28.7 Å². The number of carbonyl (C=O) groups is 2. The summed E-state index contributed by atoms with van der Waals surface area (Å²) in [5, 5.41) is 4.11. The Kier molecular flexibility index (Phi) is 10.7. The van der Waals surface area contributed by atoms with Crippen molar-refractivity contribution in [1.29, 1.82) is 0 Å². The first-order valence-corrected chi connectivity index (χ1v) is 17.2. The van der Waals surface area contributed by atoms with Crippen molar-refractivity contribution < 1.29 is 23.6 Å². The van der Waals surface area contributed by atoms with Crippen LogP contribution in [0, 0.1) is 23.7 Å². The lowest BCUT2D eigenvalue weighted by molar-refractivity contribution is -0.157. The molecule has 0 bridgehead atoms. The van der Waals surface area contributed by atoms with E-state index >= 15 is 0 Å². The molecule has 12 heteroatoms. The van der Waals surface area contributed by atoms with Crippen LogP contribution in [0.3, 0.4) is 0 Å². The zero-order valence-electron chi connectivity index (χ0n) is 28.8. The van der Waals surface area contributed by atoms with Gasteiger partial charge in [-0.2, -0.15) is 4.98 Å². The van der Waals surface area contributed by atoms with Gasteiger partial charge in [-0.1, -0.05) is 32.9 Å². The predicted octanol–water partition coefficient (Wildman–Crippen LogP) is 5.10. The molecule has 46 heavy (non-hydrogen) atoms. The SMILES string of the molecule is CC(C)c1noc(N2CCC([C@H](C)CCOc3cnc(N4C[C@H](CC(=O)OC(C)(C)C)[C@@H](N5CC[C@H](C)CC5=O)C4)nc3)CC2)n1. The second-order valence-electron chi connectivity index (χ2n) is 15.0. The number of anilines is 2. The van der Waals surface area contributed by atoms with Crippen molar-refractivity contribution in [2.45, 2.75) is 105 Å². The third kappa shape index (κ3) is 8.67. The fraction of sp³-hybridized carbons (Fsp3) is 0.765. The van der Waals surface area contributed by atoms with Crippen molar-refractivity contribution in [2.24, 2.45) is 23.7 Å². The molecule has 0 unspecified atom stereocenters. The fourth-order valence-electron chi connectivity index (χ4n) is 6.92. The molecule has 0 radical (unpaired) electrons. The first-order chi connectivity index (χ1) is 21.9. The lowest BCUT2D eigenvalue weighted by atomic mass is 9.84. The lowest BCUT2D eigenvalue weighted by Gasteiger charge is -2.37. The van der Waals surface area contributed by atoms with Gasteiger partial charge in [0.1, 0.15) is 5.60 Å². The molecule has 4 atom stereocenters. The summed E-state index contributed by atoms with van der Waals surface area (Å²) < 4.78 is 17.2. The summed E-state index contributed by atoms with van der Waals surface area (Å²) in [5.74, 6) is 3.66. The Morgan fingerprint density at radius 2 is 1.76 bits per heavy atom. The molecule has 3 aliphatic heterocycles. The Hall–Kier alpha value is -3.44. The summed E-state index contributed by atoms with van der Waals surface area (Å²) in [6.45, 7) is 18.5. The number of amides is 1. The lowest BCUT2D eigenvalue weighted by Crippen LogP contribution is -2.49. The average molecular weight is 640 g/mol. The van der Waals surface area contributed by atoms with Crippen molar-refractivity contribution in [3.63, 3.8) is 0 Å². The van der Waals surface area contributed by atoms with Crippen LogP contribution in [0.25, 0.3) is 0 Å². The van der Waals surface area contributed by atoms with Gasteiger partial charge in [-0.25, -0.2) is 9.97 Å². The van der Waals surface area contributed by atoms with Gasteiger partial charge in [0.05, 0.1) is 31.5 Å². The van der Waals surface area contributed by atoms with E-state index in [1.807, 2.05) is 25.7 Å². The maximum atomic E-state index is 13.0. The number of hydrogen-bond donors (Lipinski definition) is 0. The van der Waals surface area contributed by atoms with Gasteiger partial charge >= 0.3 is 12.0 Å². The number of esters is 1. The minimum absolute atomic E-state index is 0.0513. The van der Waals surface area contributed by atoms with Crippen LogP contribution >= 0.6 is 0 Å². The molecule has 0 N–H and O–H groups in total. The maximum Gasteiger partial charge on any atom is 0.324 e. The number of ether oxygens (including phenoxy) is 2. The van der Waals surface area contributed by atoms with Gasteiger partial charge in [-0.3, -0.25) is 9.59 Å². The first kappa shape index (κ1) is 33.9. The first-order valence-electron chi connectivity index (χ1n) is 17.2. The Morgan fingerprint density at radius 1 is 1.04 bits per heavy atom. The third-order valence-corrected chi connectivity index (χ3v) is 9.66. The highest BCUT2D eigenvalue weighted by Gasteiger charge is 2.42. The third-order valence-electron chi connectivity index (χ3n) is 9.66. The largest absolute Gasteiger partial charge is 0.490 e. The molecule has 3 aliphatic rings. The van der Waals surface area contributed by atoms with E-state index < -0.39 is 5.60 Å². The smallest absolute Gasteiger partial charge is 0.324 e. The quantitative estimate of drug-likeness (QED) is 0.305. The molecule has 5 rings (SSSR count). The zero-order chi connectivity index (χ0) is 33.0. The van der Waals surface area contributed by atoms with Crippen LogP contribution in [-0.2, 0) is 14.3 Å². The van der Waals surface area contributed by atoms with Crippen LogP contribution in [-0.4, -0.2) is 87.9 Å². The summed E-state index contributed by atoms with van der Waals surface area (Å²) in [6.07, 6.45) is 8.37. The fourth-order valence-corrected chi connectivity index (χ4v) is 6.92. The highest BCUT2D eigenvalue weighted by molar-refractivity contribution is 5.78. The minimum atomic E-state index is -0.552. The molecule has 12 nitrogen and oxygen atoms in total. The summed E-state index contributed by atoms with van der Waals surface area (Å²) in [6, 6.07) is 0.559. The van der Waals surface area contributed by atoms with Crippen molar-refractivity contribution in [1.82, 2.24) is 25.0 Å². The normalized spacial score (nSPS) is 23.7. The van der Waals surface area contributed by atoms with Crippen LogP contribution in [0.4, 0.5) is 12.0 Å². The number of rotatable bonds is 11. The van der Waals surface area contributed by atoms with Crippen molar-refractivity contribution in [3.05, 3.63) is 18.2 Å². The van der Waals surface area contributed by atoms with E-state index in [2.05, 4.69) is 57.6 Å². The number of hydrogen-bond acceptors (Lipinski definition) is 11. The molecule has 2 aromatic rings. The standard InChI is InChI=1S/C34H53N7O5/c1-22(2)31-37-33(46-38-31)39-12-9-25(10-13-39)24(4)11-15-44-27-18-35-32(36-19-27)40-20-26(17-30(43)45-34(5,6)7)28(21-40)41-14-8-23(3)16-29(41)42/h18-19,22-26,28H,8-17,20-21H2,1-7H3/t23-,24+,26-,28-/m0/s1. The number of piperidine rings is 2. The van der Waals surface area contributed by atoms with Gasteiger partial charge in [0.25, 0.3) is 0 Å². The molecule has 254 valence electrons. The molecule has 2 aromatic heterocycles. The Labute approximate surface area is 273 Å². The Balaban J connectivity index is 1.11. The van der Waals surface area contributed by atoms with E-state index in [9.17, 15) is 9.59 Å². The molecule has 0 spiro atoms. The van der Waals surface area contributed by atoms with E-state index in [4.69, 9.17) is 14.0 Å². The van der Waals surface area contributed by atoms with Crippen LogP contribution in [0.5, 0.6) is 5.75 Å². The van der Waals surface area contributed by atoms with E-state index in [1.165, 1.54) is 0 Å². The van der Waals surface area contributed by atoms with Crippen LogP contribution in [0.2, 0.25) is 0 Å². The van der Waals surface area contributed by atoms with Crippen LogP contribution < -0.4 is 14.5 Å². The van der Waals surface area contributed by atoms with E-state index in [-0.39, 0.29) is 36.2 Å². The molecule has 5 heterocycles. The molecule has 3 saturated heterocycles. The molecule has 3 fully saturated rings. The second kappa shape index (κ2) is 14.5. The molecule has 0 aromatic carbocycles. The number of likely N-dealkylation sites (tertiary alicyclic amines) is 1. The van der Waals surface area contributed by atoms with Crippen molar-refractivity contribution in [3.8, 4) is 5.75 Å². The summed E-state index contributed by atoms with van der Waals surface area (Å²) in [7, 11) is 0. The Bertz CT molecular complexity index is 1300. The van der Waals surface area contributed by atoms with E-state index in [0.717, 1.165) is 44.6 Å². The maximum absolute atomic E-state index is 13.0. The number of nitrogens with zero attached hydrogens (tertiary/aromatic N) is 7. The zero-order valence-corrected chi connectivity index (χ0v) is 28.8. The van der Waals surface area contributed by atoms with E-state index in [1.54, 1.807) is 12.4 Å². The van der Waals surface area contributed by atoms with Crippen molar-refractivity contribution >= 4 is 23.8 Å². The molecule has 0 aliphatic carbocycles. The van der Waals surface area contributed by atoms with Gasteiger partial charge in [0, 0.05) is 51.0 Å². The van der Waals surface area contributed by atoms with Gasteiger partial charge in [0.2, 0.25) is 11.9 Å². The highest BCUT2D eigenvalue weighted by atomic mass is 16.6. The van der Waals surface area contributed by atoms with E-state index in [0.29, 0.717) is 68.1 Å².